The van der Waals surface area contributed by atoms with Crippen LogP contribution in [0.5, 0.6) is 5.75 Å². The van der Waals surface area contributed by atoms with Crippen LogP contribution in [0.15, 0.2) is 54.6 Å². The zero-order valence-electron chi connectivity index (χ0n) is 13.8. The molecule has 3 N–H and O–H groups in total. The molecule has 1 amide bonds. The zero-order valence-corrected chi connectivity index (χ0v) is 14.6. The zero-order chi connectivity index (χ0) is 17.6. The molecule has 0 atom stereocenters. The van der Waals surface area contributed by atoms with Gasteiger partial charge in [0.25, 0.3) is 0 Å². The van der Waals surface area contributed by atoms with Crippen molar-refractivity contribution < 1.29 is 9.90 Å². The summed E-state index contributed by atoms with van der Waals surface area (Å²) < 4.78 is 0. The van der Waals surface area contributed by atoms with Gasteiger partial charge in [-0.2, -0.15) is 0 Å². The molecule has 25 heavy (non-hydrogen) atoms. The van der Waals surface area contributed by atoms with E-state index >= 15 is 0 Å². The van der Waals surface area contributed by atoms with Crippen molar-refractivity contribution in [3.63, 3.8) is 0 Å². The Balaban J connectivity index is 1.44. The van der Waals surface area contributed by atoms with Crippen LogP contribution in [0.4, 0.5) is 11.4 Å². The largest absolute Gasteiger partial charge is 0.508 e. The van der Waals surface area contributed by atoms with E-state index in [4.69, 9.17) is 11.6 Å². The number of phenolic OH excluding ortho intramolecular Hbond substituents is 1. The van der Waals surface area contributed by atoms with Gasteiger partial charge >= 0.3 is 0 Å². The Hall–Kier alpha value is -2.46. The molecule has 1 aliphatic carbocycles. The van der Waals surface area contributed by atoms with Gasteiger partial charge in [0, 0.05) is 29.4 Å². The van der Waals surface area contributed by atoms with Gasteiger partial charge in [0.1, 0.15) is 5.75 Å². The Morgan fingerprint density at radius 2 is 1.92 bits per heavy atom. The van der Waals surface area contributed by atoms with Crippen LogP contribution in [0.1, 0.15) is 30.7 Å². The average Bonchev–Trinajstić information content (AvgIpc) is 3.43. The number of benzene rings is 2. The van der Waals surface area contributed by atoms with E-state index in [9.17, 15) is 9.90 Å². The van der Waals surface area contributed by atoms with Gasteiger partial charge in [0.2, 0.25) is 5.91 Å². The summed E-state index contributed by atoms with van der Waals surface area (Å²) in [5.41, 5.74) is 3.07. The number of halogens is 1. The third kappa shape index (κ3) is 5.26. The molecule has 130 valence electrons. The second-order valence-electron chi connectivity index (χ2n) is 6.16. The van der Waals surface area contributed by atoms with Gasteiger partial charge < -0.3 is 15.7 Å². The number of amides is 1. The van der Waals surface area contributed by atoms with Crippen LogP contribution in [-0.4, -0.2) is 17.6 Å². The van der Waals surface area contributed by atoms with E-state index in [1.54, 1.807) is 24.3 Å². The van der Waals surface area contributed by atoms with E-state index in [1.807, 2.05) is 30.4 Å². The fourth-order valence-corrected chi connectivity index (χ4v) is 2.81. The van der Waals surface area contributed by atoms with Gasteiger partial charge in [0.15, 0.2) is 0 Å². The SMILES string of the molecule is O=C(C/C=C/CNc1ccc(Cl)cc1C1CC1)Nc1ccc(O)cc1. The first-order chi connectivity index (χ1) is 12.1. The molecule has 0 spiro atoms. The van der Waals surface area contributed by atoms with Crippen LogP contribution < -0.4 is 10.6 Å². The van der Waals surface area contributed by atoms with Gasteiger partial charge in [0.05, 0.1) is 0 Å². The van der Waals surface area contributed by atoms with Gasteiger partial charge in [-0.1, -0.05) is 23.8 Å². The summed E-state index contributed by atoms with van der Waals surface area (Å²) in [6, 6.07) is 12.4. The predicted octanol–water partition coefficient (Wildman–Crippen LogP) is 4.92. The number of carbonyl (C=O) groups excluding carboxylic acids is 1. The van der Waals surface area contributed by atoms with E-state index < -0.39 is 0 Å². The molecule has 0 aliphatic heterocycles. The number of hydrogen-bond acceptors (Lipinski definition) is 3. The van der Waals surface area contributed by atoms with Crippen molar-refractivity contribution in [2.45, 2.75) is 25.2 Å². The second kappa shape index (κ2) is 8.08. The van der Waals surface area contributed by atoms with Gasteiger partial charge in [-0.25, -0.2) is 0 Å². The number of anilines is 2. The number of hydrogen-bond donors (Lipinski definition) is 3. The summed E-state index contributed by atoms with van der Waals surface area (Å²) in [7, 11) is 0. The van der Waals surface area contributed by atoms with Crippen molar-refractivity contribution in [3.8, 4) is 5.75 Å². The number of carbonyl (C=O) groups is 1. The Morgan fingerprint density at radius 3 is 2.64 bits per heavy atom. The molecule has 0 unspecified atom stereocenters. The standard InChI is InChI=1S/C20H21ClN2O2/c21-15-6-11-19(18(13-15)14-4-5-14)22-12-2-1-3-20(25)23-16-7-9-17(24)10-8-16/h1-2,6-11,13-14,22,24H,3-5,12H2,(H,23,25)/b2-1+. The molecule has 0 aromatic heterocycles. The average molecular weight is 357 g/mol. The third-order valence-corrected chi connectivity index (χ3v) is 4.30. The Kier molecular flexibility index (Phi) is 5.61. The molecule has 1 saturated carbocycles. The lowest BCUT2D eigenvalue weighted by atomic mass is 10.1. The minimum absolute atomic E-state index is 0.0906. The molecule has 0 heterocycles. The Labute approximate surface area is 152 Å². The van der Waals surface area contributed by atoms with Gasteiger partial charge in [-0.15, -0.1) is 0 Å². The van der Waals surface area contributed by atoms with E-state index in [0.29, 0.717) is 24.6 Å². The molecule has 2 aromatic rings. The highest BCUT2D eigenvalue weighted by atomic mass is 35.5. The quantitative estimate of drug-likeness (QED) is 0.487. The van der Waals surface area contributed by atoms with Crippen LogP contribution in [0, 0.1) is 0 Å². The highest BCUT2D eigenvalue weighted by Crippen LogP contribution is 2.44. The smallest absolute Gasteiger partial charge is 0.228 e. The molecule has 0 bridgehead atoms. The molecule has 2 aromatic carbocycles. The van der Waals surface area contributed by atoms with Crippen molar-refractivity contribution in [1.29, 1.82) is 0 Å². The summed E-state index contributed by atoms with van der Waals surface area (Å²) in [6.45, 7) is 0.661. The summed E-state index contributed by atoms with van der Waals surface area (Å²) in [5, 5.41) is 16.2. The van der Waals surface area contributed by atoms with Crippen molar-refractivity contribution in [3.05, 3.63) is 65.2 Å². The van der Waals surface area contributed by atoms with Crippen LogP contribution in [0.3, 0.4) is 0 Å². The minimum atomic E-state index is -0.0906. The third-order valence-electron chi connectivity index (χ3n) is 4.06. The summed E-state index contributed by atoms with van der Waals surface area (Å²) in [5.74, 6) is 0.713. The lowest BCUT2D eigenvalue weighted by Gasteiger charge is -2.10. The molecule has 0 saturated heterocycles. The maximum Gasteiger partial charge on any atom is 0.228 e. The topological polar surface area (TPSA) is 61.4 Å². The van der Waals surface area contributed by atoms with Crippen molar-refractivity contribution in [1.82, 2.24) is 0 Å². The Morgan fingerprint density at radius 1 is 1.16 bits per heavy atom. The van der Waals surface area contributed by atoms with E-state index in [1.165, 1.54) is 18.4 Å². The van der Waals surface area contributed by atoms with Crippen molar-refractivity contribution in [2.24, 2.45) is 0 Å². The number of nitrogens with one attached hydrogen (secondary N) is 2. The van der Waals surface area contributed by atoms with Gasteiger partial charge in [-0.05, 0) is 66.8 Å². The number of rotatable bonds is 7. The summed E-state index contributed by atoms with van der Waals surface area (Å²) >= 11 is 6.08. The molecule has 0 radical (unpaired) electrons. The fourth-order valence-electron chi connectivity index (χ4n) is 2.63. The first-order valence-electron chi connectivity index (χ1n) is 8.39. The highest BCUT2D eigenvalue weighted by molar-refractivity contribution is 6.30. The summed E-state index contributed by atoms with van der Waals surface area (Å²) in [4.78, 5) is 11.9. The highest BCUT2D eigenvalue weighted by Gasteiger charge is 2.26. The van der Waals surface area contributed by atoms with E-state index in [2.05, 4.69) is 10.6 Å². The molecular formula is C20H21ClN2O2. The summed E-state index contributed by atoms with van der Waals surface area (Å²) in [6.07, 6.45) is 6.54. The molecule has 5 heteroatoms. The lowest BCUT2D eigenvalue weighted by Crippen LogP contribution is -2.10. The van der Waals surface area contributed by atoms with Crippen molar-refractivity contribution in [2.75, 3.05) is 17.2 Å². The van der Waals surface area contributed by atoms with Crippen LogP contribution in [0.2, 0.25) is 5.02 Å². The molecule has 1 fully saturated rings. The maximum absolute atomic E-state index is 11.9. The Bertz CT molecular complexity index is 768. The van der Waals surface area contributed by atoms with Crippen LogP contribution in [-0.2, 0) is 4.79 Å². The van der Waals surface area contributed by atoms with Crippen LogP contribution in [0.25, 0.3) is 0 Å². The fraction of sp³-hybridized carbons (Fsp3) is 0.250. The van der Waals surface area contributed by atoms with Crippen LogP contribution >= 0.6 is 11.6 Å². The van der Waals surface area contributed by atoms with E-state index in [-0.39, 0.29) is 11.7 Å². The second-order valence-corrected chi connectivity index (χ2v) is 6.59. The molecular weight excluding hydrogens is 336 g/mol. The predicted molar refractivity (Wildman–Crippen MR) is 102 cm³/mol. The normalized spacial score (nSPS) is 13.8. The molecule has 4 nitrogen and oxygen atoms in total. The molecule has 1 aliphatic rings. The monoisotopic (exact) mass is 356 g/mol. The number of aromatic hydroxyl groups is 1. The maximum atomic E-state index is 11.9. The van der Waals surface area contributed by atoms with E-state index in [0.717, 1.165) is 10.7 Å². The van der Waals surface area contributed by atoms with Gasteiger partial charge in [-0.3, -0.25) is 4.79 Å². The first kappa shape index (κ1) is 17.4. The first-order valence-corrected chi connectivity index (χ1v) is 8.77. The number of phenols is 1. The van der Waals surface area contributed by atoms with Crippen molar-refractivity contribution >= 4 is 28.9 Å². The molecule has 3 rings (SSSR count). The minimum Gasteiger partial charge on any atom is -0.508 e. The lowest BCUT2D eigenvalue weighted by molar-refractivity contribution is -0.115.